The lowest BCUT2D eigenvalue weighted by molar-refractivity contribution is 0.601. The molecule has 0 radical (unpaired) electrons. The molecular weight excluding hydrogens is 494 g/mol. The van der Waals surface area contributed by atoms with Crippen molar-refractivity contribution in [2.45, 2.75) is 4.90 Å². The molecule has 0 bridgehead atoms. The number of hydrogen-bond donors (Lipinski definition) is 3. The zero-order chi connectivity index (χ0) is 25.2. The smallest absolute Gasteiger partial charge is 0.264 e. The van der Waals surface area contributed by atoms with E-state index >= 15 is 0 Å². The van der Waals surface area contributed by atoms with Crippen LogP contribution in [0.3, 0.4) is 0 Å². The topological polar surface area (TPSA) is 161 Å². The quantitative estimate of drug-likeness (QED) is 0.281. The molecule has 0 aliphatic heterocycles. The highest BCUT2D eigenvalue weighted by atomic mass is 32.2. The van der Waals surface area contributed by atoms with Crippen molar-refractivity contribution >= 4 is 61.2 Å². The zero-order valence-corrected chi connectivity index (χ0v) is 19.7. The van der Waals surface area contributed by atoms with Gasteiger partial charge in [0.05, 0.1) is 23.0 Å². The van der Waals surface area contributed by atoms with Gasteiger partial charge in [0, 0.05) is 23.5 Å². The van der Waals surface area contributed by atoms with Gasteiger partial charge in [-0.3, -0.25) is 0 Å². The number of anilines is 5. The Balaban J connectivity index is 1.15. The van der Waals surface area contributed by atoms with Crippen LogP contribution >= 0.6 is 0 Å². The van der Waals surface area contributed by atoms with E-state index in [0.29, 0.717) is 39.8 Å². The van der Waals surface area contributed by atoms with Gasteiger partial charge in [0.1, 0.15) is 17.4 Å². The number of furan rings is 1. The van der Waals surface area contributed by atoms with Crippen LogP contribution in [0.4, 0.5) is 29.1 Å². The molecule has 182 valence electrons. The maximum absolute atomic E-state index is 12.5. The molecular formula is C24H17N9O3S. The molecule has 0 amide bonds. The van der Waals surface area contributed by atoms with Crippen molar-refractivity contribution in [1.82, 2.24) is 29.9 Å². The summed E-state index contributed by atoms with van der Waals surface area (Å²) in [5, 5.41) is 7.09. The van der Waals surface area contributed by atoms with Crippen molar-refractivity contribution in [2.24, 2.45) is 0 Å². The van der Waals surface area contributed by atoms with Crippen molar-refractivity contribution in [3.63, 3.8) is 0 Å². The number of sulfonamides is 1. The number of benzene rings is 2. The van der Waals surface area contributed by atoms with Gasteiger partial charge in [-0.05, 0) is 42.5 Å². The summed E-state index contributed by atoms with van der Waals surface area (Å²) in [4.78, 5) is 25.1. The third-order valence-electron chi connectivity index (χ3n) is 5.28. The SMILES string of the molecule is O=S(=O)(Nc1ncccn1)c1ccc(Nc2cnc(Nc3ncnc4c3oc3ccccc34)nc2)cc1. The van der Waals surface area contributed by atoms with E-state index in [1.54, 1.807) is 30.6 Å². The van der Waals surface area contributed by atoms with Gasteiger partial charge >= 0.3 is 0 Å². The molecule has 37 heavy (non-hydrogen) atoms. The van der Waals surface area contributed by atoms with Crippen LogP contribution < -0.4 is 15.4 Å². The van der Waals surface area contributed by atoms with E-state index in [1.807, 2.05) is 24.3 Å². The molecule has 2 aromatic carbocycles. The molecule has 6 rings (SSSR count). The molecule has 0 fully saturated rings. The Morgan fingerprint density at radius 3 is 2.24 bits per heavy atom. The first-order chi connectivity index (χ1) is 18.0. The minimum absolute atomic E-state index is 0.00132. The largest absolute Gasteiger partial charge is 0.450 e. The summed E-state index contributed by atoms with van der Waals surface area (Å²) in [6.45, 7) is 0. The molecule has 0 aliphatic carbocycles. The number of para-hydroxylation sites is 1. The van der Waals surface area contributed by atoms with Crippen LogP contribution in [0.15, 0.2) is 95.0 Å². The number of hydrogen-bond acceptors (Lipinski definition) is 11. The first-order valence-electron chi connectivity index (χ1n) is 10.9. The average molecular weight is 512 g/mol. The van der Waals surface area contributed by atoms with Gasteiger partial charge in [0.25, 0.3) is 10.0 Å². The van der Waals surface area contributed by atoms with Crippen LogP contribution in [-0.4, -0.2) is 38.3 Å². The minimum Gasteiger partial charge on any atom is -0.450 e. The van der Waals surface area contributed by atoms with E-state index in [-0.39, 0.29) is 10.8 Å². The third kappa shape index (κ3) is 4.58. The molecule has 0 saturated carbocycles. The van der Waals surface area contributed by atoms with Crippen LogP contribution in [0.5, 0.6) is 0 Å². The van der Waals surface area contributed by atoms with Gasteiger partial charge in [0.2, 0.25) is 11.9 Å². The third-order valence-corrected chi connectivity index (χ3v) is 6.63. The number of rotatable bonds is 7. The second-order valence-electron chi connectivity index (χ2n) is 7.75. The maximum atomic E-state index is 12.5. The van der Waals surface area contributed by atoms with Crippen LogP contribution in [-0.2, 0) is 10.0 Å². The fraction of sp³-hybridized carbons (Fsp3) is 0. The summed E-state index contributed by atoms with van der Waals surface area (Å²) >= 11 is 0. The van der Waals surface area contributed by atoms with Crippen molar-refractivity contribution in [2.75, 3.05) is 15.4 Å². The second kappa shape index (κ2) is 9.13. The van der Waals surface area contributed by atoms with E-state index < -0.39 is 10.0 Å². The minimum atomic E-state index is -3.82. The van der Waals surface area contributed by atoms with Gasteiger partial charge < -0.3 is 15.1 Å². The highest BCUT2D eigenvalue weighted by Crippen LogP contribution is 2.31. The van der Waals surface area contributed by atoms with E-state index in [0.717, 1.165) is 5.39 Å². The van der Waals surface area contributed by atoms with Crippen molar-refractivity contribution in [1.29, 1.82) is 0 Å². The van der Waals surface area contributed by atoms with E-state index in [9.17, 15) is 8.42 Å². The van der Waals surface area contributed by atoms with Crippen molar-refractivity contribution < 1.29 is 12.8 Å². The molecule has 0 aliphatic rings. The zero-order valence-electron chi connectivity index (χ0n) is 18.9. The second-order valence-corrected chi connectivity index (χ2v) is 9.43. The van der Waals surface area contributed by atoms with Gasteiger partial charge in [-0.25, -0.2) is 43.0 Å². The van der Waals surface area contributed by atoms with Crippen LogP contribution in [0.1, 0.15) is 0 Å². The summed E-state index contributed by atoms with van der Waals surface area (Å²) in [5.74, 6) is 0.772. The van der Waals surface area contributed by atoms with Crippen LogP contribution in [0.25, 0.3) is 22.1 Å². The first kappa shape index (κ1) is 22.3. The standard InChI is InChI=1S/C24H17N9O3S/c34-37(35,33-24-25-10-3-11-26-24)17-8-6-15(7-9-17)31-16-12-27-23(28-13-16)32-22-21-20(29-14-30-22)18-4-1-2-5-19(18)36-21/h1-14,31H,(H,25,26,33)(H,27,28,29,30,32). The summed E-state index contributed by atoms with van der Waals surface area (Å²) in [7, 11) is -3.82. The van der Waals surface area contributed by atoms with E-state index in [2.05, 4.69) is 45.3 Å². The lowest BCUT2D eigenvalue weighted by atomic mass is 10.2. The number of fused-ring (bicyclic) bond motifs is 3. The summed E-state index contributed by atoms with van der Waals surface area (Å²) in [6, 6.07) is 15.4. The summed E-state index contributed by atoms with van der Waals surface area (Å²) < 4.78 is 33.3. The molecule has 0 unspecified atom stereocenters. The summed E-state index contributed by atoms with van der Waals surface area (Å²) in [6.07, 6.45) is 7.53. The molecule has 4 heterocycles. The van der Waals surface area contributed by atoms with E-state index in [4.69, 9.17) is 4.42 Å². The molecule has 12 nitrogen and oxygen atoms in total. The number of nitrogens with one attached hydrogen (secondary N) is 3. The fourth-order valence-electron chi connectivity index (χ4n) is 3.59. The first-order valence-corrected chi connectivity index (χ1v) is 12.4. The average Bonchev–Trinajstić information content (AvgIpc) is 3.30. The molecule has 0 saturated heterocycles. The van der Waals surface area contributed by atoms with E-state index in [1.165, 1.54) is 30.9 Å². The molecule has 4 aromatic heterocycles. The monoisotopic (exact) mass is 511 g/mol. The predicted molar refractivity (Wildman–Crippen MR) is 137 cm³/mol. The Morgan fingerprint density at radius 2 is 1.46 bits per heavy atom. The lowest BCUT2D eigenvalue weighted by Crippen LogP contribution is -2.14. The molecule has 0 atom stereocenters. The van der Waals surface area contributed by atoms with Crippen LogP contribution in [0.2, 0.25) is 0 Å². The predicted octanol–water partition coefficient (Wildman–Crippen LogP) is 4.24. The normalized spacial score (nSPS) is 11.5. The summed E-state index contributed by atoms with van der Waals surface area (Å²) in [5.41, 5.74) is 3.18. The fourth-order valence-corrected chi connectivity index (χ4v) is 4.55. The molecule has 6 aromatic rings. The Hall–Kier alpha value is -5.17. The molecule has 13 heteroatoms. The van der Waals surface area contributed by atoms with Gasteiger partial charge in [-0.1, -0.05) is 12.1 Å². The van der Waals surface area contributed by atoms with Crippen molar-refractivity contribution in [3.8, 4) is 0 Å². The Bertz CT molecular complexity index is 1810. The van der Waals surface area contributed by atoms with Gasteiger partial charge in [-0.2, -0.15) is 0 Å². The van der Waals surface area contributed by atoms with Crippen molar-refractivity contribution in [3.05, 3.63) is 85.7 Å². The number of nitrogens with zero attached hydrogens (tertiary/aromatic N) is 6. The highest BCUT2D eigenvalue weighted by molar-refractivity contribution is 7.92. The Kier molecular flexibility index (Phi) is 5.50. The van der Waals surface area contributed by atoms with Crippen LogP contribution in [0, 0.1) is 0 Å². The maximum Gasteiger partial charge on any atom is 0.264 e. The van der Waals surface area contributed by atoms with Gasteiger partial charge in [0.15, 0.2) is 11.4 Å². The molecule has 3 N–H and O–H groups in total. The molecule has 0 spiro atoms. The number of aromatic nitrogens is 6. The Labute approximate surface area is 209 Å². The Morgan fingerprint density at radius 1 is 0.703 bits per heavy atom. The lowest BCUT2D eigenvalue weighted by Gasteiger charge is -2.09. The van der Waals surface area contributed by atoms with Gasteiger partial charge in [-0.15, -0.1) is 0 Å². The highest BCUT2D eigenvalue weighted by Gasteiger charge is 2.16.